The van der Waals surface area contributed by atoms with Crippen molar-refractivity contribution in [3.8, 4) is 0 Å². The monoisotopic (exact) mass is 250 g/mol. The zero-order valence-electron chi connectivity index (χ0n) is 9.94. The average molecular weight is 250 g/mol. The van der Waals surface area contributed by atoms with Gasteiger partial charge in [0.15, 0.2) is 0 Å². The summed E-state index contributed by atoms with van der Waals surface area (Å²) < 4.78 is 0. The lowest BCUT2D eigenvalue weighted by atomic mass is 10.3. The summed E-state index contributed by atoms with van der Waals surface area (Å²) in [6, 6.07) is 10.3. The fraction of sp³-hybridized carbons (Fsp3) is 0.385. The number of rotatable bonds is 6. The molecule has 0 saturated carbocycles. The summed E-state index contributed by atoms with van der Waals surface area (Å²) in [7, 11) is 0. The molecule has 0 fully saturated rings. The fourth-order valence-corrected chi connectivity index (χ4v) is 2.56. The zero-order valence-corrected chi connectivity index (χ0v) is 10.8. The second-order valence-corrected chi connectivity index (χ2v) is 5.06. The Morgan fingerprint density at radius 2 is 2.24 bits per heavy atom. The molecule has 1 unspecified atom stereocenters. The number of aromatic amines is 1. The van der Waals surface area contributed by atoms with Crippen LogP contribution in [0.3, 0.4) is 0 Å². The quantitative estimate of drug-likeness (QED) is 0.689. The van der Waals surface area contributed by atoms with E-state index in [4.69, 9.17) is 0 Å². The van der Waals surface area contributed by atoms with Gasteiger partial charge in [0.25, 0.3) is 0 Å². The highest BCUT2D eigenvalue weighted by Crippen LogP contribution is 2.23. The summed E-state index contributed by atoms with van der Waals surface area (Å²) in [6.07, 6.45) is -0.300. The lowest BCUT2D eigenvalue weighted by Gasteiger charge is -2.09. The number of hydrogen-bond donors (Lipinski definition) is 3. The minimum absolute atomic E-state index is 0.300. The molecule has 1 heterocycles. The van der Waals surface area contributed by atoms with Crippen LogP contribution in [0.25, 0.3) is 10.9 Å². The number of benzene rings is 1. The van der Waals surface area contributed by atoms with Gasteiger partial charge in [0.05, 0.1) is 11.1 Å². The number of aromatic nitrogens is 1. The molecule has 0 bridgehead atoms. The van der Waals surface area contributed by atoms with E-state index < -0.39 is 0 Å². The molecule has 0 aliphatic heterocycles. The predicted octanol–water partition coefficient (Wildman–Crippen LogP) is 2.23. The average Bonchev–Trinajstić information content (AvgIpc) is 2.76. The van der Waals surface area contributed by atoms with Crippen molar-refractivity contribution < 1.29 is 5.11 Å². The third-order valence-corrected chi connectivity index (χ3v) is 3.65. The summed E-state index contributed by atoms with van der Waals surface area (Å²) in [4.78, 5) is 3.34. The van der Waals surface area contributed by atoms with E-state index in [0.29, 0.717) is 12.3 Å². The second kappa shape index (κ2) is 6.10. The van der Waals surface area contributed by atoms with E-state index in [1.165, 1.54) is 5.39 Å². The smallest absolute Gasteiger partial charge is 0.0758 e. The van der Waals surface area contributed by atoms with Gasteiger partial charge in [-0.25, -0.2) is 0 Å². The van der Waals surface area contributed by atoms with Gasteiger partial charge in [-0.3, -0.25) is 0 Å². The number of H-pyrrole nitrogens is 1. The van der Waals surface area contributed by atoms with E-state index in [1.807, 2.05) is 19.1 Å². The first-order valence-electron chi connectivity index (χ1n) is 5.89. The highest BCUT2D eigenvalue weighted by molar-refractivity contribution is 7.99. The zero-order chi connectivity index (χ0) is 12.1. The Bertz CT molecular complexity index is 436. The molecule has 1 aromatic carbocycles. The number of aliphatic hydroxyl groups is 1. The van der Waals surface area contributed by atoms with Gasteiger partial charge >= 0.3 is 0 Å². The van der Waals surface area contributed by atoms with Crippen molar-refractivity contribution in [1.29, 1.82) is 0 Å². The summed E-state index contributed by atoms with van der Waals surface area (Å²) >= 11 is 1.66. The Hall–Kier alpha value is -0.970. The van der Waals surface area contributed by atoms with Crippen molar-refractivity contribution in [3.63, 3.8) is 0 Å². The third-order valence-electron chi connectivity index (χ3n) is 2.57. The van der Waals surface area contributed by atoms with Crippen molar-refractivity contribution in [3.05, 3.63) is 30.3 Å². The fourth-order valence-electron chi connectivity index (χ4n) is 1.68. The number of hydrogen-bond acceptors (Lipinski definition) is 3. The Balaban J connectivity index is 1.90. The molecule has 1 aromatic heterocycles. The minimum atomic E-state index is -0.300. The summed E-state index contributed by atoms with van der Waals surface area (Å²) in [5.74, 6) is 0.708. The molecule has 0 spiro atoms. The van der Waals surface area contributed by atoms with Crippen LogP contribution in [0.2, 0.25) is 0 Å². The molecule has 92 valence electrons. The first-order valence-corrected chi connectivity index (χ1v) is 6.87. The molecule has 3 N–H and O–H groups in total. The number of aliphatic hydroxyl groups excluding tert-OH is 1. The number of fused-ring (bicyclic) bond motifs is 1. The van der Waals surface area contributed by atoms with Crippen molar-refractivity contribution >= 4 is 22.7 Å². The van der Waals surface area contributed by atoms with Crippen molar-refractivity contribution in [1.82, 2.24) is 10.3 Å². The van der Waals surface area contributed by atoms with Crippen molar-refractivity contribution in [2.75, 3.05) is 18.8 Å². The number of nitrogens with one attached hydrogen (secondary N) is 2. The molecule has 0 amide bonds. The van der Waals surface area contributed by atoms with Crippen LogP contribution in [-0.2, 0) is 0 Å². The van der Waals surface area contributed by atoms with Gasteiger partial charge in [0.2, 0.25) is 0 Å². The molecule has 2 rings (SSSR count). The van der Waals surface area contributed by atoms with Gasteiger partial charge in [0.1, 0.15) is 0 Å². The molecule has 0 radical (unpaired) electrons. The molecule has 2 aromatic rings. The first kappa shape index (κ1) is 12.5. The SMILES string of the molecule is CCNCC(O)CSc1cc2ccccc2[nH]1. The summed E-state index contributed by atoms with van der Waals surface area (Å²) in [6.45, 7) is 3.59. The standard InChI is InChI=1S/C13H18N2OS/c1-2-14-8-11(16)9-17-13-7-10-5-3-4-6-12(10)15-13/h3-7,11,14-16H,2,8-9H2,1H3. The molecule has 0 aliphatic rings. The number of para-hydroxylation sites is 1. The Kier molecular flexibility index (Phi) is 4.48. The Labute approximate surface area is 106 Å². The molecular formula is C13H18N2OS. The molecule has 0 saturated heterocycles. The maximum absolute atomic E-state index is 9.72. The molecule has 4 heteroatoms. The van der Waals surface area contributed by atoms with Gasteiger partial charge in [-0.1, -0.05) is 25.1 Å². The van der Waals surface area contributed by atoms with E-state index >= 15 is 0 Å². The van der Waals surface area contributed by atoms with Crippen LogP contribution >= 0.6 is 11.8 Å². The topological polar surface area (TPSA) is 48.0 Å². The van der Waals surface area contributed by atoms with Crippen LogP contribution in [0.1, 0.15) is 6.92 Å². The number of thioether (sulfide) groups is 1. The predicted molar refractivity (Wildman–Crippen MR) is 73.6 cm³/mol. The largest absolute Gasteiger partial charge is 0.391 e. The maximum atomic E-state index is 9.72. The van der Waals surface area contributed by atoms with Gasteiger partial charge in [-0.2, -0.15) is 0 Å². The molecular weight excluding hydrogens is 232 g/mol. The minimum Gasteiger partial charge on any atom is -0.391 e. The Morgan fingerprint density at radius 3 is 3.00 bits per heavy atom. The molecule has 0 aliphatic carbocycles. The second-order valence-electron chi connectivity index (χ2n) is 3.99. The van der Waals surface area contributed by atoms with Gasteiger partial charge in [0, 0.05) is 23.2 Å². The van der Waals surface area contributed by atoms with Gasteiger partial charge in [-0.05, 0) is 18.7 Å². The lowest BCUT2D eigenvalue weighted by molar-refractivity contribution is 0.197. The van der Waals surface area contributed by atoms with Gasteiger partial charge < -0.3 is 15.4 Å². The van der Waals surface area contributed by atoms with E-state index in [1.54, 1.807) is 11.8 Å². The maximum Gasteiger partial charge on any atom is 0.0758 e. The van der Waals surface area contributed by atoms with E-state index in [-0.39, 0.29) is 6.10 Å². The normalized spacial score (nSPS) is 13.1. The first-order chi connectivity index (χ1) is 8.29. The van der Waals surface area contributed by atoms with Crippen LogP contribution < -0.4 is 5.32 Å². The van der Waals surface area contributed by atoms with Crippen LogP contribution in [0, 0.1) is 0 Å². The van der Waals surface area contributed by atoms with Gasteiger partial charge in [-0.15, -0.1) is 11.8 Å². The van der Waals surface area contributed by atoms with E-state index in [9.17, 15) is 5.11 Å². The van der Waals surface area contributed by atoms with Crippen LogP contribution in [-0.4, -0.2) is 35.0 Å². The summed E-state index contributed by atoms with van der Waals surface area (Å²) in [5, 5.41) is 15.2. The van der Waals surface area contributed by atoms with Crippen molar-refractivity contribution in [2.45, 2.75) is 18.1 Å². The highest BCUT2D eigenvalue weighted by atomic mass is 32.2. The van der Waals surface area contributed by atoms with E-state index in [2.05, 4.69) is 28.5 Å². The van der Waals surface area contributed by atoms with Crippen LogP contribution in [0.4, 0.5) is 0 Å². The molecule has 17 heavy (non-hydrogen) atoms. The Morgan fingerprint density at radius 1 is 1.41 bits per heavy atom. The molecule has 1 atom stereocenters. The number of likely N-dealkylation sites (N-methyl/N-ethyl adjacent to an activating group) is 1. The van der Waals surface area contributed by atoms with Crippen molar-refractivity contribution in [2.24, 2.45) is 0 Å². The molecule has 3 nitrogen and oxygen atoms in total. The summed E-state index contributed by atoms with van der Waals surface area (Å²) in [5.41, 5.74) is 1.15. The van der Waals surface area contributed by atoms with E-state index in [0.717, 1.165) is 17.1 Å². The highest BCUT2D eigenvalue weighted by Gasteiger charge is 2.06. The van der Waals surface area contributed by atoms with Crippen LogP contribution in [0.15, 0.2) is 35.4 Å². The third kappa shape index (κ3) is 3.49. The lowest BCUT2D eigenvalue weighted by Crippen LogP contribution is -2.28. The van der Waals surface area contributed by atoms with Crippen LogP contribution in [0.5, 0.6) is 0 Å².